The Bertz CT molecular complexity index is 844. The summed E-state index contributed by atoms with van der Waals surface area (Å²) in [6.07, 6.45) is 0. The second kappa shape index (κ2) is 7.91. The van der Waals surface area contributed by atoms with Gasteiger partial charge in [0.15, 0.2) is 11.5 Å². The molecule has 0 saturated carbocycles. The van der Waals surface area contributed by atoms with Crippen molar-refractivity contribution >= 4 is 11.7 Å². The van der Waals surface area contributed by atoms with Crippen molar-refractivity contribution in [2.24, 2.45) is 5.16 Å². The van der Waals surface area contributed by atoms with Crippen LogP contribution in [0.25, 0.3) is 0 Å². The summed E-state index contributed by atoms with van der Waals surface area (Å²) in [4.78, 5) is 16.9. The van der Waals surface area contributed by atoms with E-state index in [2.05, 4.69) is 5.16 Å². The van der Waals surface area contributed by atoms with Gasteiger partial charge in [0.2, 0.25) is 13.4 Å². The fourth-order valence-corrected chi connectivity index (χ4v) is 2.51. The second-order valence-corrected chi connectivity index (χ2v) is 6.11. The maximum atomic E-state index is 11.8. The average Bonchev–Trinajstić information content (AvgIpc) is 3.10. The molecule has 26 heavy (non-hydrogen) atoms. The molecule has 0 unspecified atom stereocenters. The third-order valence-electron chi connectivity index (χ3n) is 4.07. The summed E-state index contributed by atoms with van der Waals surface area (Å²) in [6.45, 7) is 5.98. The molecule has 0 aromatic heterocycles. The van der Waals surface area contributed by atoms with Crippen molar-refractivity contribution in [3.8, 4) is 11.5 Å². The first-order valence-electron chi connectivity index (χ1n) is 8.31. The summed E-state index contributed by atoms with van der Waals surface area (Å²) in [5.74, 6) is 0.913. The first kappa shape index (κ1) is 17.8. The van der Waals surface area contributed by atoms with E-state index in [0.717, 1.165) is 22.3 Å². The highest BCUT2D eigenvalue weighted by molar-refractivity contribution is 5.99. The number of ether oxygens (including phenoxy) is 3. The van der Waals surface area contributed by atoms with Gasteiger partial charge < -0.3 is 19.0 Å². The average molecular weight is 355 g/mol. The Morgan fingerprint density at radius 1 is 1.12 bits per heavy atom. The molecule has 0 saturated heterocycles. The van der Waals surface area contributed by atoms with E-state index in [1.165, 1.54) is 0 Å². The minimum Gasteiger partial charge on any atom is -0.458 e. The van der Waals surface area contributed by atoms with Crippen LogP contribution in [0, 0.1) is 13.8 Å². The maximum absolute atomic E-state index is 11.8. The van der Waals surface area contributed by atoms with Gasteiger partial charge in [-0.2, -0.15) is 0 Å². The number of carbonyl (C=O) groups is 1. The van der Waals surface area contributed by atoms with E-state index in [4.69, 9.17) is 19.0 Å². The van der Waals surface area contributed by atoms with Crippen LogP contribution in [0.15, 0.2) is 41.6 Å². The van der Waals surface area contributed by atoms with E-state index < -0.39 is 5.97 Å². The predicted octanol–water partition coefficient (Wildman–Crippen LogP) is 3.52. The fourth-order valence-electron chi connectivity index (χ4n) is 2.51. The van der Waals surface area contributed by atoms with Gasteiger partial charge in [0.25, 0.3) is 0 Å². The maximum Gasteiger partial charge on any atom is 0.347 e. The van der Waals surface area contributed by atoms with Crippen LogP contribution in [-0.2, 0) is 21.0 Å². The number of oxime groups is 1. The molecule has 3 rings (SSSR count). The standard InChI is InChI=1S/C20H21NO5/c1-13-4-5-14(2)17(8-13)10-23-20(22)11-26-21-15(3)16-6-7-18-19(9-16)25-12-24-18/h4-9H,10-12H2,1-3H3/b21-15+. The van der Waals surface area contributed by atoms with E-state index in [1.807, 2.05) is 50.2 Å². The van der Waals surface area contributed by atoms with E-state index >= 15 is 0 Å². The van der Waals surface area contributed by atoms with Crippen LogP contribution < -0.4 is 9.47 Å². The third-order valence-corrected chi connectivity index (χ3v) is 4.07. The molecule has 1 heterocycles. The normalized spacial score (nSPS) is 12.8. The largest absolute Gasteiger partial charge is 0.458 e. The molecule has 0 spiro atoms. The predicted molar refractivity (Wildman–Crippen MR) is 96.4 cm³/mol. The van der Waals surface area contributed by atoms with Gasteiger partial charge in [0.05, 0.1) is 5.71 Å². The van der Waals surface area contributed by atoms with Crippen molar-refractivity contribution < 1.29 is 23.8 Å². The molecule has 1 aliphatic rings. The number of hydrogen-bond donors (Lipinski definition) is 0. The number of nitrogens with zero attached hydrogens (tertiary/aromatic N) is 1. The van der Waals surface area contributed by atoms with Crippen molar-refractivity contribution in [2.75, 3.05) is 13.4 Å². The zero-order chi connectivity index (χ0) is 18.5. The molecule has 0 amide bonds. The van der Waals surface area contributed by atoms with Gasteiger partial charge >= 0.3 is 5.97 Å². The lowest BCUT2D eigenvalue weighted by Gasteiger charge is -2.08. The Morgan fingerprint density at radius 2 is 1.92 bits per heavy atom. The van der Waals surface area contributed by atoms with Gasteiger partial charge in [-0.15, -0.1) is 0 Å². The smallest absolute Gasteiger partial charge is 0.347 e. The molecule has 2 aromatic carbocycles. The summed E-state index contributed by atoms with van der Waals surface area (Å²) in [6, 6.07) is 11.5. The number of fused-ring (bicyclic) bond motifs is 1. The number of aryl methyl sites for hydroxylation is 2. The SMILES string of the molecule is C/C(=N\OCC(=O)OCc1cc(C)ccc1C)c1ccc2c(c1)OCO2. The summed E-state index contributed by atoms with van der Waals surface area (Å²) in [5, 5.41) is 3.97. The molecule has 0 atom stereocenters. The monoisotopic (exact) mass is 355 g/mol. The van der Waals surface area contributed by atoms with Crippen LogP contribution in [0.1, 0.15) is 29.2 Å². The van der Waals surface area contributed by atoms with Crippen LogP contribution in [0.4, 0.5) is 0 Å². The van der Waals surface area contributed by atoms with E-state index in [9.17, 15) is 4.79 Å². The molecular formula is C20H21NO5. The lowest BCUT2D eigenvalue weighted by atomic mass is 10.1. The molecular weight excluding hydrogens is 334 g/mol. The van der Waals surface area contributed by atoms with Crippen LogP contribution in [-0.4, -0.2) is 25.1 Å². The first-order valence-corrected chi connectivity index (χ1v) is 8.31. The fraction of sp³-hybridized carbons (Fsp3) is 0.300. The Labute approximate surface area is 152 Å². The number of carbonyl (C=O) groups excluding carboxylic acids is 1. The molecule has 1 aliphatic heterocycles. The number of rotatable bonds is 6. The van der Waals surface area contributed by atoms with Crippen molar-refractivity contribution in [3.63, 3.8) is 0 Å². The molecule has 6 nitrogen and oxygen atoms in total. The van der Waals surface area contributed by atoms with Gasteiger partial charge in [-0.25, -0.2) is 4.79 Å². The van der Waals surface area contributed by atoms with Gasteiger partial charge in [0, 0.05) is 5.56 Å². The van der Waals surface area contributed by atoms with E-state index in [1.54, 1.807) is 6.92 Å². The molecule has 0 bridgehead atoms. The van der Waals surface area contributed by atoms with Crippen LogP contribution >= 0.6 is 0 Å². The van der Waals surface area contributed by atoms with Crippen molar-refractivity contribution in [1.29, 1.82) is 0 Å². The topological polar surface area (TPSA) is 66.4 Å². The molecule has 0 aliphatic carbocycles. The Hall–Kier alpha value is -3.02. The minimum absolute atomic E-state index is 0.220. The summed E-state index contributed by atoms with van der Waals surface area (Å²) < 4.78 is 15.8. The molecule has 0 radical (unpaired) electrons. The third kappa shape index (κ3) is 4.33. The Kier molecular flexibility index (Phi) is 5.41. The molecule has 2 aromatic rings. The quantitative estimate of drug-likeness (QED) is 0.451. The Morgan fingerprint density at radius 3 is 2.77 bits per heavy atom. The molecule has 136 valence electrons. The summed E-state index contributed by atoms with van der Waals surface area (Å²) in [7, 11) is 0. The first-order chi connectivity index (χ1) is 12.5. The number of esters is 1. The van der Waals surface area contributed by atoms with Crippen LogP contribution in [0.2, 0.25) is 0 Å². The minimum atomic E-state index is -0.465. The zero-order valence-electron chi connectivity index (χ0n) is 15.1. The van der Waals surface area contributed by atoms with Crippen molar-refractivity contribution in [2.45, 2.75) is 27.4 Å². The lowest BCUT2D eigenvalue weighted by molar-refractivity contribution is -0.150. The highest BCUT2D eigenvalue weighted by Gasteiger charge is 2.14. The van der Waals surface area contributed by atoms with Crippen molar-refractivity contribution in [1.82, 2.24) is 0 Å². The second-order valence-electron chi connectivity index (χ2n) is 6.11. The number of hydrogen-bond acceptors (Lipinski definition) is 6. The van der Waals surface area contributed by atoms with Crippen molar-refractivity contribution in [3.05, 3.63) is 58.7 Å². The lowest BCUT2D eigenvalue weighted by Crippen LogP contribution is -2.12. The van der Waals surface area contributed by atoms with Crippen LogP contribution in [0.5, 0.6) is 11.5 Å². The van der Waals surface area contributed by atoms with E-state index in [0.29, 0.717) is 17.2 Å². The molecule has 0 fully saturated rings. The molecule has 6 heteroatoms. The highest BCUT2D eigenvalue weighted by atomic mass is 16.7. The Balaban J connectivity index is 1.49. The highest BCUT2D eigenvalue weighted by Crippen LogP contribution is 2.32. The summed E-state index contributed by atoms with van der Waals surface area (Å²) >= 11 is 0. The van der Waals surface area contributed by atoms with Gasteiger partial charge in [-0.3, -0.25) is 0 Å². The van der Waals surface area contributed by atoms with Gasteiger partial charge in [0.1, 0.15) is 6.61 Å². The molecule has 0 N–H and O–H groups in total. The zero-order valence-corrected chi connectivity index (χ0v) is 15.1. The van der Waals surface area contributed by atoms with E-state index in [-0.39, 0.29) is 20.0 Å². The van der Waals surface area contributed by atoms with Crippen LogP contribution in [0.3, 0.4) is 0 Å². The van der Waals surface area contributed by atoms with Gasteiger partial charge in [-0.1, -0.05) is 28.9 Å². The number of benzene rings is 2. The summed E-state index contributed by atoms with van der Waals surface area (Å²) in [5.41, 5.74) is 4.66. The van der Waals surface area contributed by atoms with Gasteiger partial charge in [-0.05, 0) is 50.1 Å².